The fourth-order valence-electron chi connectivity index (χ4n) is 4.21. The van der Waals surface area contributed by atoms with Crippen LogP contribution in [0, 0.1) is 11.8 Å². The molecule has 0 saturated heterocycles. The molecule has 5 N–H and O–H groups in total. The maximum absolute atomic E-state index is 12.9. The van der Waals surface area contributed by atoms with E-state index in [4.69, 9.17) is 9.47 Å². The van der Waals surface area contributed by atoms with Gasteiger partial charge in [-0.3, -0.25) is 4.79 Å². The Hall–Kier alpha value is -1.87. The lowest BCUT2D eigenvalue weighted by atomic mass is 9.60. The Morgan fingerprint density at radius 1 is 1.24 bits per heavy atom. The average Bonchev–Trinajstić information content (AvgIpc) is 2.55. The van der Waals surface area contributed by atoms with Crippen LogP contribution in [0.3, 0.4) is 0 Å². The molecule has 0 amide bonds. The number of hydrogen-bond donors (Lipinski definition) is 5. The van der Waals surface area contributed by atoms with E-state index >= 15 is 0 Å². The van der Waals surface area contributed by atoms with Gasteiger partial charge in [0.2, 0.25) is 0 Å². The van der Waals surface area contributed by atoms with Crippen molar-refractivity contribution in [2.75, 3.05) is 14.2 Å². The number of aliphatic hydroxyl groups excluding tert-OH is 2. The number of phenols is 2. The van der Waals surface area contributed by atoms with Crippen molar-refractivity contribution in [3.63, 3.8) is 0 Å². The molecular weight excluding hydrogens is 332 g/mol. The molecule has 0 radical (unpaired) electrons. The standard InChI is InChI=1S/C17H22O8/c1-17(23)5-6-9(14(21)16(17)22)13(20)10-7(18)4-8(24-2)12(19)11(10)15(6)25-3/h4,6,9,14-16,18-19,21-23H,5H2,1-3H3/t6-,9-,14-,15+,16+,17-/m0/s1. The number of carbonyl (C=O) groups is 1. The van der Waals surface area contributed by atoms with E-state index in [9.17, 15) is 30.3 Å². The highest BCUT2D eigenvalue weighted by molar-refractivity contribution is 6.04. The van der Waals surface area contributed by atoms with Gasteiger partial charge in [0.05, 0.1) is 36.4 Å². The fourth-order valence-corrected chi connectivity index (χ4v) is 4.21. The maximum Gasteiger partial charge on any atom is 0.173 e. The van der Waals surface area contributed by atoms with Crippen LogP contribution >= 0.6 is 0 Å². The quantitative estimate of drug-likeness (QED) is 0.472. The van der Waals surface area contributed by atoms with Gasteiger partial charge in [0.15, 0.2) is 17.3 Å². The monoisotopic (exact) mass is 354 g/mol. The van der Waals surface area contributed by atoms with Crippen LogP contribution in [-0.4, -0.2) is 63.3 Å². The number of ketones is 1. The van der Waals surface area contributed by atoms with Crippen LogP contribution in [0.2, 0.25) is 0 Å². The molecule has 0 aliphatic heterocycles. The van der Waals surface area contributed by atoms with Crippen molar-refractivity contribution in [1.29, 1.82) is 0 Å². The predicted octanol–water partition coefficient (Wildman–Crippen LogP) is 0.0991. The highest BCUT2D eigenvalue weighted by Gasteiger charge is 2.58. The number of methoxy groups -OCH3 is 2. The molecule has 0 unspecified atom stereocenters. The van der Waals surface area contributed by atoms with Crippen LogP contribution in [0.4, 0.5) is 0 Å². The van der Waals surface area contributed by atoms with Crippen LogP contribution in [0.15, 0.2) is 6.07 Å². The number of ether oxygens (including phenoxy) is 2. The van der Waals surface area contributed by atoms with Gasteiger partial charge in [-0.15, -0.1) is 0 Å². The lowest BCUT2D eigenvalue weighted by Crippen LogP contribution is -2.61. The van der Waals surface area contributed by atoms with Crippen molar-refractivity contribution in [1.82, 2.24) is 0 Å². The number of aliphatic hydroxyl groups is 3. The van der Waals surface area contributed by atoms with Gasteiger partial charge in [-0.1, -0.05) is 0 Å². The summed E-state index contributed by atoms with van der Waals surface area (Å²) in [6, 6.07) is 1.11. The van der Waals surface area contributed by atoms with Crippen LogP contribution in [0.5, 0.6) is 17.2 Å². The number of rotatable bonds is 2. The third-order valence-corrected chi connectivity index (χ3v) is 5.42. The topological polar surface area (TPSA) is 137 Å². The predicted molar refractivity (Wildman–Crippen MR) is 84.6 cm³/mol. The Bertz CT molecular complexity index is 713. The summed E-state index contributed by atoms with van der Waals surface area (Å²) >= 11 is 0. The molecule has 0 bridgehead atoms. The summed E-state index contributed by atoms with van der Waals surface area (Å²) in [7, 11) is 2.67. The molecule has 2 aliphatic rings. The summed E-state index contributed by atoms with van der Waals surface area (Å²) < 4.78 is 10.5. The smallest absolute Gasteiger partial charge is 0.173 e. The van der Waals surface area contributed by atoms with E-state index in [-0.39, 0.29) is 29.0 Å². The zero-order valence-electron chi connectivity index (χ0n) is 14.1. The molecule has 3 rings (SSSR count). The molecule has 138 valence electrons. The molecule has 8 heteroatoms. The molecule has 8 nitrogen and oxygen atoms in total. The van der Waals surface area contributed by atoms with E-state index in [0.717, 1.165) is 6.07 Å². The van der Waals surface area contributed by atoms with Crippen LogP contribution in [-0.2, 0) is 4.74 Å². The van der Waals surface area contributed by atoms with Gasteiger partial charge in [0.1, 0.15) is 11.9 Å². The van der Waals surface area contributed by atoms with Gasteiger partial charge in [-0.2, -0.15) is 0 Å². The van der Waals surface area contributed by atoms with Gasteiger partial charge in [0.25, 0.3) is 0 Å². The highest BCUT2D eigenvalue weighted by atomic mass is 16.5. The number of phenolic OH excluding ortho intramolecular Hbond substituents is 2. The van der Waals surface area contributed by atoms with Gasteiger partial charge in [0, 0.05) is 24.7 Å². The molecule has 25 heavy (non-hydrogen) atoms. The largest absolute Gasteiger partial charge is 0.507 e. The minimum absolute atomic E-state index is 0.0206. The first-order valence-corrected chi connectivity index (χ1v) is 7.94. The number of aromatic hydroxyl groups is 2. The van der Waals surface area contributed by atoms with Crippen molar-refractivity contribution in [3.05, 3.63) is 17.2 Å². The van der Waals surface area contributed by atoms with Crippen LogP contribution < -0.4 is 4.74 Å². The van der Waals surface area contributed by atoms with E-state index < -0.39 is 47.3 Å². The number of hydrogen-bond acceptors (Lipinski definition) is 8. The normalized spacial score (nSPS) is 37.4. The first-order chi connectivity index (χ1) is 11.7. The summed E-state index contributed by atoms with van der Waals surface area (Å²) in [6.07, 6.45) is -3.97. The maximum atomic E-state index is 12.9. The summed E-state index contributed by atoms with van der Waals surface area (Å²) in [5.41, 5.74) is -1.74. The second-order valence-electron chi connectivity index (χ2n) is 6.94. The first kappa shape index (κ1) is 17.9. The Balaban J connectivity index is 2.24. The lowest BCUT2D eigenvalue weighted by Gasteiger charge is -2.50. The minimum Gasteiger partial charge on any atom is -0.507 e. The Kier molecular flexibility index (Phi) is 4.19. The summed E-state index contributed by atoms with van der Waals surface area (Å²) in [5, 5.41) is 51.7. The highest BCUT2D eigenvalue weighted by Crippen LogP contribution is 2.55. The number of Topliss-reactive ketones (excluding diaryl/α,β-unsaturated/α-hetero) is 1. The lowest BCUT2D eigenvalue weighted by molar-refractivity contribution is -0.187. The van der Waals surface area contributed by atoms with Crippen LogP contribution in [0.25, 0.3) is 0 Å². The molecule has 1 aromatic rings. The van der Waals surface area contributed by atoms with E-state index in [1.54, 1.807) is 0 Å². The molecule has 1 aromatic carbocycles. The van der Waals surface area contributed by atoms with Crippen molar-refractivity contribution in [2.45, 2.75) is 37.3 Å². The fraction of sp³-hybridized carbons (Fsp3) is 0.588. The minimum atomic E-state index is -1.63. The van der Waals surface area contributed by atoms with E-state index in [1.165, 1.54) is 21.1 Å². The van der Waals surface area contributed by atoms with Gasteiger partial charge >= 0.3 is 0 Å². The SMILES string of the molecule is COc1cc(O)c2c(c1O)[C@H](OC)[C@H]1C[C@](C)(O)[C@H](O)[C@@H](O)[C@@H]1C2=O. The molecule has 1 fully saturated rings. The molecular formula is C17H22O8. The molecule has 2 aliphatic carbocycles. The second kappa shape index (κ2) is 5.84. The number of carbonyl (C=O) groups excluding carboxylic acids is 1. The molecule has 1 saturated carbocycles. The van der Waals surface area contributed by atoms with E-state index in [2.05, 4.69) is 0 Å². The zero-order chi connectivity index (χ0) is 18.7. The zero-order valence-corrected chi connectivity index (χ0v) is 14.1. The van der Waals surface area contributed by atoms with E-state index in [1.807, 2.05) is 0 Å². The van der Waals surface area contributed by atoms with Gasteiger partial charge in [-0.05, 0) is 13.3 Å². The van der Waals surface area contributed by atoms with Crippen molar-refractivity contribution < 1.29 is 39.8 Å². The third-order valence-electron chi connectivity index (χ3n) is 5.42. The molecule has 0 heterocycles. The summed E-state index contributed by atoms with van der Waals surface area (Å²) in [4.78, 5) is 12.9. The molecule has 0 spiro atoms. The van der Waals surface area contributed by atoms with Gasteiger partial charge in [-0.25, -0.2) is 0 Å². The molecule has 6 atom stereocenters. The van der Waals surface area contributed by atoms with Crippen molar-refractivity contribution in [2.24, 2.45) is 11.8 Å². The van der Waals surface area contributed by atoms with Gasteiger partial charge < -0.3 is 35.0 Å². The van der Waals surface area contributed by atoms with E-state index in [0.29, 0.717) is 0 Å². The Morgan fingerprint density at radius 2 is 1.88 bits per heavy atom. The number of fused-ring (bicyclic) bond motifs is 2. The van der Waals surface area contributed by atoms with Crippen molar-refractivity contribution in [3.8, 4) is 17.2 Å². The number of benzene rings is 1. The second-order valence-corrected chi connectivity index (χ2v) is 6.94. The van der Waals surface area contributed by atoms with Crippen molar-refractivity contribution >= 4 is 5.78 Å². The summed E-state index contributed by atoms with van der Waals surface area (Å²) in [6.45, 7) is 1.37. The summed E-state index contributed by atoms with van der Waals surface area (Å²) in [5.74, 6) is -3.16. The third kappa shape index (κ3) is 2.40. The molecule has 0 aromatic heterocycles. The average molecular weight is 354 g/mol. The first-order valence-electron chi connectivity index (χ1n) is 7.94. The Labute approximate surface area is 144 Å². The van der Waals surface area contributed by atoms with Crippen LogP contribution in [0.1, 0.15) is 35.4 Å². The Morgan fingerprint density at radius 3 is 2.44 bits per heavy atom.